The Hall–Kier alpha value is -1.39. The van der Waals surface area contributed by atoms with Crippen LogP contribution in [0.1, 0.15) is 20.8 Å². The van der Waals surface area contributed by atoms with E-state index < -0.39 is 0 Å². The first-order chi connectivity index (χ1) is 8.54. The van der Waals surface area contributed by atoms with Crippen molar-refractivity contribution in [1.82, 2.24) is 0 Å². The lowest BCUT2D eigenvalue weighted by molar-refractivity contribution is 0.271. The summed E-state index contributed by atoms with van der Waals surface area (Å²) in [5.41, 5.74) is 7.08. The van der Waals surface area contributed by atoms with E-state index in [1.165, 1.54) is 10.5 Å². The normalized spacial score (nSPS) is 9.78. The zero-order valence-electron chi connectivity index (χ0n) is 11.3. The average molecular weight is 264 g/mol. The third-order valence-corrected chi connectivity index (χ3v) is 3.52. The lowest BCUT2D eigenvalue weighted by atomic mass is 10.2. The fraction of sp³-hybridized carbons (Fsp3) is 0.286. The van der Waals surface area contributed by atoms with Gasteiger partial charge in [0, 0.05) is 10.6 Å². The maximum atomic E-state index is 4.83. The summed E-state index contributed by atoms with van der Waals surface area (Å²) in [6, 6.07) is 7.90. The van der Waals surface area contributed by atoms with Crippen molar-refractivity contribution >= 4 is 23.3 Å². The van der Waals surface area contributed by atoms with Crippen LogP contribution in [0.3, 0.4) is 0 Å². The van der Waals surface area contributed by atoms with Crippen LogP contribution in [-0.4, -0.2) is 7.11 Å². The van der Waals surface area contributed by atoms with Gasteiger partial charge in [-0.25, -0.2) is 0 Å². The van der Waals surface area contributed by atoms with Crippen LogP contribution in [0.15, 0.2) is 46.9 Å². The van der Waals surface area contributed by atoms with Crippen LogP contribution in [-0.2, 0) is 4.84 Å². The summed E-state index contributed by atoms with van der Waals surface area (Å²) in [5, 5.41) is 0. The van der Waals surface area contributed by atoms with Crippen LogP contribution in [0.4, 0.5) is 11.4 Å². The molecule has 0 aliphatic rings. The number of allylic oxidation sites excluding steroid dienone is 2. The predicted octanol–water partition coefficient (Wildman–Crippen LogP) is 4.59. The van der Waals surface area contributed by atoms with E-state index in [1.807, 2.05) is 31.2 Å². The first-order valence-corrected chi connectivity index (χ1v) is 6.51. The number of anilines is 2. The zero-order chi connectivity index (χ0) is 13.5. The molecule has 2 N–H and O–H groups in total. The van der Waals surface area contributed by atoms with Gasteiger partial charge in [0.1, 0.15) is 0 Å². The van der Waals surface area contributed by atoms with Gasteiger partial charge in [0.15, 0.2) is 0 Å². The summed E-state index contributed by atoms with van der Waals surface area (Å²) in [5.74, 6) is 0. The minimum Gasteiger partial charge on any atom is -0.326 e. The largest absolute Gasteiger partial charge is 0.326 e. The predicted molar refractivity (Wildman–Crippen MR) is 81.5 cm³/mol. The Balaban J connectivity index is 2.63. The molecule has 0 amide bonds. The number of hydrogen-bond donors (Lipinski definition) is 2. The molecule has 4 heteroatoms. The number of hydrogen-bond acceptors (Lipinski definition) is 4. The second-order valence-corrected chi connectivity index (χ2v) is 5.01. The van der Waals surface area contributed by atoms with Crippen molar-refractivity contribution in [3.63, 3.8) is 0 Å². The monoisotopic (exact) mass is 264 g/mol. The molecule has 1 aromatic carbocycles. The van der Waals surface area contributed by atoms with Gasteiger partial charge in [-0.2, -0.15) is 0 Å². The van der Waals surface area contributed by atoms with Gasteiger partial charge in [-0.1, -0.05) is 12.2 Å². The highest BCUT2D eigenvalue weighted by Gasteiger charge is 2.02. The van der Waals surface area contributed by atoms with Crippen LogP contribution in [0.25, 0.3) is 0 Å². The Morgan fingerprint density at radius 1 is 1.11 bits per heavy atom. The molecule has 0 aromatic heterocycles. The SMILES string of the molecule is C=C(C)C(SNc1ccc(NOC)cc1)=C(C)C. The van der Waals surface area contributed by atoms with Crippen LogP contribution in [0.2, 0.25) is 0 Å². The maximum Gasteiger partial charge on any atom is 0.0636 e. The Morgan fingerprint density at radius 2 is 1.67 bits per heavy atom. The molecule has 18 heavy (non-hydrogen) atoms. The minimum atomic E-state index is 0.926. The van der Waals surface area contributed by atoms with Crippen molar-refractivity contribution in [3.05, 3.63) is 46.9 Å². The van der Waals surface area contributed by atoms with E-state index in [2.05, 4.69) is 30.6 Å². The fourth-order valence-corrected chi connectivity index (χ4v) is 2.18. The standard InChI is InChI=1S/C14H20N2OS/c1-10(2)14(11(3)4)18-16-13-8-6-12(7-9-13)15-17-5/h6-9,15-16H,1H2,2-5H3. The lowest BCUT2D eigenvalue weighted by Gasteiger charge is -2.11. The molecule has 0 atom stereocenters. The van der Waals surface area contributed by atoms with Gasteiger partial charge in [-0.05, 0) is 62.6 Å². The van der Waals surface area contributed by atoms with Gasteiger partial charge in [0.2, 0.25) is 0 Å². The molecule has 0 aliphatic heterocycles. The van der Waals surface area contributed by atoms with E-state index in [9.17, 15) is 0 Å². The Kier molecular flexibility index (Phi) is 5.82. The molecule has 98 valence electrons. The summed E-state index contributed by atoms with van der Waals surface area (Å²) in [6.45, 7) is 10.2. The van der Waals surface area contributed by atoms with Gasteiger partial charge in [-0.15, -0.1) is 0 Å². The van der Waals surface area contributed by atoms with Gasteiger partial charge < -0.3 is 4.72 Å². The molecular formula is C14H20N2OS. The van der Waals surface area contributed by atoms with E-state index in [-0.39, 0.29) is 0 Å². The van der Waals surface area contributed by atoms with Crippen molar-refractivity contribution in [2.24, 2.45) is 0 Å². The first kappa shape index (κ1) is 14.7. The summed E-state index contributed by atoms with van der Waals surface area (Å²) < 4.78 is 3.31. The quantitative estimate of drug-likeness (QED) is 0.447. The fourth-order valence-electron chi connectivity index (χ4n) is 1.45. The van der Waals surface area contributed by atoms with E-state index in [4.69, 9.17) is 4.84 Å². The minimum absolute atomic E-state index is 0.926. The molecule has 0 fully saturated rings. The summed E-state index contributed by atoms with van der Waals surface area (Å²) in [7, 11) is 1.59. The Labute approximate surface area is 113 Å². The Bertz CT molecular complexity index is 434. The second kappa shape index (κ2) is 7.13. The van der Waals surface area contributed by atoms with Crippen LogP contribution in [0.5, 0.6) is 0 Å². The van der Waals surface area contributed by atoms with Crippen molar-refractivity contribution in [2.75, 3.05) is 17.3 Å². The molecule has 3 nitrogen and oxygen atoms in total. The third-order valence-electron chi connectivity index (χ3n) is 2.22. The molecule has 0 aliphatic carbocycles. The number of rotatable bonds is 6. The number of nitrogens with one attached hydrogen (secondary N) is 2. The van der Waals surface area contributed by atoms with Crippen LogP contribution < -0.4 is 10.2 Å². The van der Waals surface area contributed by atoms with Crippen molar-refractivity contribution in [3.8, 4) is 0 Å². The molecule has 0 heterocycles. The van der Waals surface area contributed by atoms with Gasteiger partial charge in [0.25, 0.3) is 0 Å². The maximum absolute atomic E-state index is 4.83. The highest BCUT2D eigenvalue weighted by molar-refractivity contribution is 8.04. The summed E-state index contributed by atoms with van der Waals surface area (Å²) >= 11 is 1.59. The summed E-state index contributed by atoms with van der Waals surface area (Å²) in [4.78, 5) is 6.02. The molecule has 0 radical (unpaired) electrons. The molecule has 0 saturated heterocycles. The lowest BCUT2D eigenvalue weighted by Crippen LogP contribution is -1.95. The van der Waals surface area contributed by atoms with E-state index in [0.717, 1.165) is 16.9 Å². The average Bonchev–Trinajstić information content (AvgIpc) is 2.31. The molecule has 1 aromatic rings. The first-order valence-electron chi connectivity index (χ1n) is 5.70. The summed E-state index contributed by atoms with van der Waals surface area (Å²) in [6.07, 6.45) is 0. The molecular weight excluding hydrogens is 244 g/mol. The zero-order valence-corrected chi connectivity index (χ0v) is 12.1. The Morgan fingerprint density at radius 3 is 2.11 bits per heavy atom. The second-order valence-electron chi connectivity index (χ2n) is 4.20. The topological polar surface area (TPSA) is 33.3 Å². The molecule has 0 spiro atoms. The molecule has 0 unspecified atom stereocenters. The van der Waals surface area contributed by atoms with E-state index in [1.54, 1.807) is 19.1 Å². The molecule has 0 bridgehead atoms. The van der Waals surface area contributed by atoms with Crippen LogP contribution in [0, 0.1) is 0 Å². The van der Waals surface area contributed by atoms with E-state index in [0.29, 0.717) is 0 Å². The number of benzene rings is 1. The van der Waals surface area contributed by atoms with Gasteiger partial charge >= 0.3 is 0 Å². The molecule has 0 saturated carbocycles. The highest BCUT2D eigenvalue weighted by Crippen LogP contribution is 2.28. The third kappa shape index (κ3) is 4.47. The van der Waals surface area contributed by atoms with Crippen LogP contribution >= 0.6 is 11.9 Å². The van der Waals surface area contributed by atoms with Gasteiger partial charge in [0.05, 0.1) is 12.8 Å². The van der Waals surface area contributed by atoms with Crippen molar-refractivity contribution in [1.29, 1.82) is 0 Å². The van der Waals surface area contributed by atoms with Gasteiger partial charge in [-0.3, -0.25) is 10.3 Å². The van der Waals surface area contributed by atoms with Crippen molar-refractivity contribution in [2.45, 2.75) is 20.8 Å². The van der Waals surface area contributed by atoms with E-state index >= 15 is 0 Å². The highest BCUT2D eigenvalue weighted by atomic mass is 32.2. The molecule has 1 rings (SSSR count). The van der Waals surface area contributed by atoms with Crippen molar-refractivity contribution < 1.29 is 4.84 Å². The smallest absolute Gasteiger partial charge is 0.0636 e.